The van der Waals surface area contributed by atoms with Gasteiger partial charge in [-0.25, -0.2) is 14.4 Å². The van der Waals surface area contributed by atoms with Gasteiger partial charge in [0.25, 0.3) is 16.7 Å². The first-order valence-corrected chi connectivity index (χ1v) is 23.7. The summed E-state index contributed by atoms with van der Waals surface area (Å²) in [7, 11) is 0. The minimum Gasteiger partial charge on any atom is -0.463 e. The number of rotatable bonds is 9. The van der Waals surface area contributed by atoms with Gasteiger partial charge in [0, 0.05) is 74.9 Å². The number of H-pyrrole nitrogens is 3. The van der Waals surface area contributed by atoms with Gasteiger partial charge in [0.2, 0.25) is 0 Å². The maximum Gasteiger partial charge on any atom is 0.330 e. The minimum absolute atomic E-state index is 0.00370. The molecule has 0 radical (unpaired) electrons. The van der Waals surface area contributed by atoms with E-state index in [0.717, 1.165) is 13.7 Å². The van der Waals surface area contributed by atoms with E-state index in [9.17, 15) is 58.5 Å². The van der Waals surface area contributed by atoms with Gasteiger partial charge in [-0.15, -0.1) is 0 Å². The van der Waals surface area contributed by atoms with Crippen molar-refractivity contribution in [2.75, 3.05) is 19.8 Å². The molecule has 6 N–H and O–H groups in total. The quantitative estimate of drug-likeness (QED) is 0.0789. The standard InChI is InChI=1S/C49H52N6O18/c1-25(58)68-21-37-32(61)10-38(73-37)53-16-29(41(62)50-44(53)65)4-7-47-13-28-14-48(22-47,8-5-30-17-54(45(66)51-42(30)63)39-11-33(69-26(2)59)35(19-56)71-39)24-49(15-28,23-47)9-6-31-18-55(46(67)52-43(31)64)40-12-34(70-27(3)60)36(20-57)72-40/h16-18,28,32-40,56-57,61H,10-15,19-24H2,1-3H3,(H,50,62,65)(H,51,63,66)(H,52,64,67)/t28?,32-,33-,34-,35+,36+,37+,38+,39+,40+,47?,48?,49?/m0/s1. The van der Waals surface area contributed by atoms with Crippen molar-refractivity contribution >= 4 is 17.9 Å². The summed E-state index contributed by atoms with van der Waals surface area (Å²) < 4.78 is 36.5. The number of aromatic nitrogens is 6. The molecule has 24 nitrogen and oxygen atoms in total. The number of carbonyl (C=O) groups excluding carboxylic acids is 3. The van der Waals surface area contributed by atoms with Crippen LogP contribution >= 0.6 is 0 Å². The second kappa shape index (κ2) is 19.7. The minimum atomic E-state index is -1.10. The van der Waals surface area contributed by atoms with Gasteiger partial charge in [-0.1, -0.05) is 35.5 Å². The molecule has 3 aromatic rings. The fourth-order valence-electron chi connectivity index (χ4n) is 11.8. The monoisotopic (exact) mass is 1010 g/mol. The zero-order chi connectivity index (χ0) is 52.1. The molecule has 7 fully saturated rings. The van der Waals surface area contributed by atoms with Crippen LogP contribution in [0.2, 0.25) is 0 Å². The van der Waals surface area contributed by atoms with Crippen molar-refractivity contribution in [2.24, 2.45) is 22.2 Å². The molecule has 4 aliphatic carbocycles. The maximum absolute atomic E-state index is 13.4. The van der Waals surface area contributed by atoms with Crippen molar-refractivity contribution in [2.45, 2.75) is 134 Å². The Balaban J connectivity index is 1.09. The van der Waals surface area contributed by atoms with Gasteiger partial charge < -0.3 is 43.7 Å². The molecule has 3 aromatic heterocycles. The van der Waals surface area contributed by atoms with E-state index in [1.165, 1.54) is 39.4 Å². The molecule has 4 saturated carbocycles. The lowest BCUT2D eigenvalue weighted by Gasteiger charge is -2.62. The van der Waals surface area contributed by atoms with E-state index >= 15 is 0 Å². The predicted molar refractivity (Wildman–Crippen MR) is 247 cm³/mol. The molecule has 3 saturated heterocycles. The number of aliphatic hydroxyl groups is 3. The predicted octanol–water partition coefficient (Wildman–Crippen LogP) is -1.72. The summed E-state index contributed by atoms with van der Waals surface area (Å²) in [5.41, 5.74) is -7.80. The van der Waals surface area contributed by atoms with Crippen LogP contribution in [0.15, 0.2) is 47.4 Å². The van der Waals surface area contributed by atoms with Gasteiger partial charge in [0.05, 0.1) is 19.3 Å². The van der Waals surface area contributed by atoms with E-state index in [0.29, 0.717) is 38.5 Å². The molecule has 3 aliphatic heterocycles. The third kappa shape index (κ3) is 10.4. The van der Waals surface area contributed by atoms with Gasteiger partial charge in [-0.3, -0.25) is 57.4 Å². The van der Waals surface area contributed by atoms with Crippen molar-refractivity contribution in [1.82, 2.24) is 28.7 Å². The Kier molecular flexibility index (Phi) is 13.7. The second-order valence-corrected chi connectivity index (χ2v) is 19.9. The molecule has 0 aromatic carbocycles. The van der Waals surface area contributed by atoms with Crippen LogP contribution in [0.5, 0.6) is 0 Å². The highest BCUT2D eigenvalue weighted by molar-refractivity contribution is 5.66. The maximum atomic E-state index is 13.4. The Bertz CT molecular complexity index is 3170. The summed E-state index contributed by atoms with van der Waals surface area (Å²) >= 11 is 0. The number of aliphatic hydroxyl groups excluding tert-OH is 3. The Morgan fingerprint density at radius 3 is 1.29 bits per heavy atom. The lowest BCUT2D eigenvalue weighted by Crippen LogP contribution is -2.55. The molecule has 24 heteroatoms. The van der Waals surface area contributed by atoms with Crippen LogP contribution in [0.25, 0.3) is 0 Å². The summed E-state index contributed by atoms with van der Waals surface area (Å²) in [6, 6.07) is 0. The van der Waals surface area contributed by atoms with Crippen LogP contribution < -0.4 is 33.7 Å². The normalized spacial score (nSPS) is 32.6. The van der Waals surface area contributed by atoms with Crippen molar-refractivity contribution in [3.05, 3.63) is 97.8 Å². The summed E-state index contributed by atoms with van der Waals surface area (Å²) in [6.07, 6.45) is -2.47. The molecular weight excluding hydrogens is 961 g/mol. The van der Waals surface area contributed by atoms with Crippen LogP contribution in [0.1, 0.15) is 114 Å². The fraction of sp³-hybridized carbons (Fsp3) is 0.571. The summed E-state index contributed by atoms with van der Waals surface area (Å²) in [5.74, 6) is 17.2. The second-order valence-electron chi connectivity index (χ2n) is 19.9. The van der Waals surface area contributed by atoms with Crippen LogP contribution in [-0.4, -0.2) is 118 Å². The van der Waals surface area contributed by atoms with E-state index < -0.39 is 136 Å². The van der Waals surface area contributed by atoms with E-state index in [1.807, 2.05) is 0 Å². The first-order chi connectivity index (χ1) is 34.7. The van der Waals surface area contributed by atoms with E-state index in [1.54, 1.807) is 0 Å². The Hall–Kier alpha value is -7.11. The number of nitrogens with zero attached hydrogens (tertiary/aromatic N) is 3. The highest BCUT2D eigenvalue weighted by Crippen LogP contribution is 2.69. The number of aromatic amines is 3. The van der Waals surface area contributed by atoms with Crippen molar-refractivity contribution in [3.63, 3.8) is 0 Å². The highest BCUT2D eigenvalue weighted by atomic mass is 16.6. The number of hydrogen-bond acceptors (Lipinski definition) is 18. The number of hydrogen-bond donors (Lipinski definition) is 6. The van der Waals surface area contributed by atoms with Gasteiger partial charge in [0.15, 0.2) is 0 Å². The molecule has 0 spiro atoms. The molecule has 7 aliphatic rings. The highest BCUT2D eigenvalue weighted by Gasteiger charge is 2.62. The smallest absolute Gasteiger partial charge is 0.330 e. The van der Waals surface area contributed by atoms with E-state index in [-0.39, 0.29) is 48.5 Å². The number of nitrogens with one attached hydrogen (secondary N) is 3. The van der Waals surface area contributed by atoms with Crippen molar-refractivity contribution < 1.29 is 58.1 Å². The lowest BCUT2D eigenvalue weighted by molar-refractivity contribution is -0.151. The summed E-state index contributed by atoms with van der Waals surface area (Å²) in [6.45, 7) is 2.33. The van der Waals surface area contributed by atoms with Gasteiger partial charge in [-0.05, 0) is 44.4 Å². The first-order valence-electron chi connectivity index (χ1n) is 23.7. The Morgan fingerprint density at radius 2 is 0.945 bits per heavy atom. The zero-order valence-corrected chi connectivity index (χ0v) is 39.8. The van der Waals surface area contributed by atoms with Crippen LogP contribution in [0, 0.1) is 57.7 Å². The molecule has 10 rings (SSSR count). The van der Waals surface area contributed by atoms with Crippen LogP contribution in [0.3, 0.4) is 0 Å². The van der Waals surface area contributed by atoms with E-state index in [2.05, 4.69) is 50.5 Å². The SMILES string of the molecule is CC(=O)OC[C@H]1O[C@@H](n2cc(C#CC34CC5CC(C#Cc6cn([C@H]7C[C@H](OC(C)=O)[C@@H](CO)O7)c(=O)[nH]c6=O)(CC(C#Cc6cn([C@H]7C[C@H](OC(C)=O)[C@@H](CO)O7)c(=O)[nH]c6=O)(C5)C3)C4)c(=O)[nH]c2=O)C[C@@H]1O. The molecule has 0 amide bonds. The average molecular weight is 1010 g/mol. The first kappa shape index (κ1) is 50.8. The number of esters is 3. The lowest BCUT2D eigenvalue weighted by atomic mass is 9.40. The molecule has 11 atom stereocenters. The number of carbonyl (C=O) groups is 3. The summed E-state index contributed by atoms with van der Waals surface area (Å²) in [4.78, 5) is 121. The molecule has 2 unspecified atom stereocenters. The summed E-state index contributed by atoms with van der Waals surface area (Å²) in [5, 5.41) is 30.5. The van der Waals surface area contributed by atoms with Gasteiger partial charge in [0.1, 0.15) is 72.5 Å². The van der Waals surface area contributed by atoms with Gasteiger partial charge in [-0.2, -0.15) is 0 Å². The number of ether oxygens (including phenoxy) is 6. The van der Waals surface area contributed by atoms with Crippen LogP contribution in [0.4, 0.5) is 0 Å². The van der Waals surface area contributed by atoms with Crippen molar-refractivity contribution in [3.8, 4) is 35.5 Å². The third-order valence-electron chi connectivity index (χ3n) is 14.3. The van der Waals surface area contributed by atoms with Gasteiger partial charge >= 0.3 is 35.0 Å². The fourth-order valence-corrected chi connectivity index (χ4v) is 11.8. The topological polar surface area (TPSA) is 332 Å². The third-order valence-corrected chi connectivity index (χ3v) is 14.3. The Morgan fingerprint density at radius 1 is 0.589 bits per heavy atom. The molecule has 386 valence electrons. The average Bonchev–Trinajstić information content (AvgIpc) is 4.02. The molecule has 4 bridgehead atoms. The largest absolute Gasteiger partial charge is 0.463 e. The zero-order valence-electron chi connectivity index (χ0n) is 39.8. The van der Waals surface area contributed by atoms with E-state index in [4.69, 9.17) is 28.4 Å². The molecule has 6 heterocycles. The Labute approximate surface area is 412 Å². The van der Waals surface area contributed by atoms with Crippen molar-refractivity contribution in [1.29, 1.82) is 0 Å². The molecular formula is C49H52N6O18. The molecule has 73 heavy (non-hydrogen) atoms. The van der Waals surface area contributed by atoms with Crippen LogP contribution in [-0.2, 0) is 42.8 Å².